The van der Waals surface area contributed by atoms with Gasteiger partial charge in [-0.2, -0.15) is 0 Å². The summed E-state index contributed by atoms with van der Waals surface area (Å²) >= 11 is 0. The van der Waals surface area contributed by atoms with Crippen molar-refractivity contribution in [2.45, 2.75) is 24.3 Å². The summed E-state index contributed by atoms with van der Waals surface area (Å²) in [6.07, 6.45) is 2.92. The van der Waals surface area contributed by atoms with Gasteiger partial charge in [-0.3, -0.25) is 8.78 Å². The van der Waals surface area contributed by atoms with Crippen LogP contribution in [0.1, 0.15) is 19.5 Å². The molecule has 0 spiro atoms. The van der Waals surface area contributed by atoms with Crippen molar-refractivity contribution in [2.75, 3.05) is 6.26 Å². The van der Waals surface area contributed by atoms with Gasteiger partial charge in [0, 0.05) is 28.1 Å². The highest BCUT2D eigenvalue weighted by atomic mass is 32.2. The SMILES string of the molecule is CS(=O)c1cccc(-c2ccc(-n3cc(C(C)(C)O)nc3-c3c(F)cccc3F)c(F)c2)c1. The van der Waals surface area contributed by atoms with Crippen LogP contribution in [0, 0.1) is 17.5 Å². The molecule has 1 atom stereocenters. The van der Waals surface area contributed by atoms with E-state index in [0.717, 1.165) is 12.1 Å². The van der Waals surface area contributed by atoms with Gasteiger partial charge in [0.05, 0.1) is 16.9 Å². The Labute approximate surface area is 191 Å². The topological polar surface area (TPSA) is 55.1 Å². The first kappa shape index (κ1) is 22.9. The molecule has 0 bridgehead atoms. The molecule has 0 saturated heterocycles. The Morgan fingerprint density at radius 3 is 2.15 bits per heavy atom. The van der Waals surface area contributed by atoms with Crippen LogP contribution in [0.5, 0.6) is 0 Å². The number of nitrogens with zero attached hydrogens (tertiary/aromatic N) is 2. The van der Waals surface area contributed by atoms with E-state index in [0.29, 0.717) is 16.0 Å². The van der Waals surface area contributed by atoms with E-state index in [1.165, 1.54) is 42.8 Å². The largest absolute Gasteiger partial charge is 0.384 e. The number of rotatable bonds is 5. The van der Waals surface area contributed by atoms with Crippen LogP contribution in [0.4, 0.5) is 13.2 Å². The quantitative estimate of drug-likeness (QED) is 0.414. The van der Waals surface area contributed by atoms with E-state index in [9.17, 15) is 18.1 Å². The number of imidazole rings is 1. The lowest BCUT2D eigenvalue weighted by Gasteiger charge is -2.13. The lowest BCUT2D eigenvalue weighted by molar-refractivity contribution is 0.0743. The maximum atomic E-state index is 15.3. The highest BCUT2D eigenvalue weighted by Gasteiger charge is 2.26. The molecule has 1 heterocycles. The van der Waals surface area contributed by atoms with Gasteiger partial charge in [0.25, 0.3) is 0 Å². The molecular weight excluding hydrogens is 449 g/mol. The number of aliphatic hydroxyl groups is 1. The van der Waals surface area contributed by atoms with Gasteiger partial charge in [0.2, 0.25) is 0 Å². The minimum Gasteiger partial charge on any atom is -0.384 e. The molecule has 0 aliphatic rings. The van der Waals surface area contributed by atoms with Gasteiger partial charge < -0.3 is 5.11 Å². The molecule has 4 nitrogen and oxygen atoms in total. The average molecular weight is 471 g/mol. The number of benzene rings is 3. The Bertz CT molecular complexity index is 1360. The van der Waals surface area contributed by atoms with Gasteiger partial charge in [0.15, 0.2) is 5.82 Å². The Morgan fingerprint density at radius 1 is 0.909 bits per heavy atom. The van der Waals surface area contributed by atoms with Crippen LogP contribution in [-0.4, -0.2) is 25.1 Å². The van der Waals surface area contributed by atoms with Gasteiger partial charge in [-0.05, 0) is 61.4 Å². The molecule has 8 heteroatoms. The molecule has 0 aliphatic carbocycles. The normalized spacial score (nSPS) is 12.7. The van der Waals surface area contributed by atoms with Crippen LogP contribution >= 0.6 is 0 Å². The summed E-state index contributed by atoms with van der Waals surface area (Å²) in [5.74, 6) is -2.54. The van der Waals surface area contributed by atoms with Crippen molar-refractivity contribution < 1.29 is 22.5 Å². The molecule has 3 aromatic carbocycles. The minimum atomic E-state index is -1.42. The molecule has 33 heavy (non-hydrogen) atoms. The number of hydrogen-bond acceptors (Lipinski definition) is 3. The molecule has 0 aliphatic heterocycles. The summed E-state index contributed by atoms with van der Waals surface area (Å²) < 4.78 is 57.4. The van der Waals surface area contributed by atoms with Gasteiger partial charge in [-0.1, -0.05) is 24.3 Å². The van der Waals surface area contributed by atoms with Crippen LogP contribution in [0.2, 0.25) is 0 Å². The van der Waals surface area contributed by atoms with E-state index < -0.39 is 39.4 Å². The van der Waals surface area contributed by atoms with Crippen molar-refractivity contribution in [3.05, 3.63) is 90.0 Å². The number of halogens is 3. The fourth-order valence-electron chi connectivity index (χ4n) is 3.48. The zero-order valence-electron chi connectivity index (χ0n) is 18.1. The lowest BCUT2D eigenvalue weighted by atomic mass is 10.0. The van der Waals surface area contributed by atoms with Crippen LogP contribution in [0.15, 0.2) is 71.8 Å². The predicted molar refractivity (Wildman–Crippen MR) is 122 cm³/mol. The van der Waals surface area contributed by atoms with Crippen molar-refractivity contribution >= 4 is 10.8 Å². The maximum absolute atomic E-state index is 15.3. The molecule has 0 saturated carbocycles. The molecule has 4 aromatic rings. The molecule has 0 radical (unpaired) electrons. The van der Waals surface area contributed by atoms with E-state index >= 15 is 4.39 Å². The second-order valence-electron chi connectivity index (χ2n) is 8.12. The highest BCUT2D eigenvalue weighted by molar-refractivity contribution is 7.84. The van der Waals surface area contributed by atoms with Gasteiger partial charge >= 0.3 is 0 Å². The highest BCUT2D eigenvalue weighted by Crippen LogP contribution is 2.33. The summed E-state index contributed by atoms with van der Waals surface area (Å²) in [5.41, 5.74) is -0.485. The third kappa shape index (κ3) is 4.49. The summed E-state index contributed by atoms with van der Waals surface area (Å²) in [7, 11) is -1.19. The van der Waals surface area contributed by atoms with Gasteiger partial charge in [-0.25, -0.2) is 18.2 Å². The average Bonchev–Trinajstić information content (AvgIpc) is 3.19. The summed E-state index contributed by atoms with van der Waals surface area (Å²) in [6, 6.07) is 14.8. The first-order valence-corrected chi connectivity index (χ1v) is 11.6. The van der Waals surface area contributed by atoms with E-state index in [2.05, 4.69) is 4.98 Å². The molecule has 1 N–H and O–H groups in total. The van der Waals surface area contributed by atoms with Crippen molar-refractivity contribution in [3.8, 4) is 28.2 Å². The van der Waals surface area contributed by atoms with E-state index in [1.807, 2.05) is 0 Å². The molecule has 0 fully saturated rings. The third-order valence-electron chi connectivity index (χ3n) is 5.23. The Balaban J connectivity index is 1.88. The summed E-state index contributed by atoms with van der Waals surface area (Å²) in [4.78, 5) is 4.84. The summed E-state index contributed by atoms with van der Waals surface area (Å²) in [6.45, 7) is 2.95. The van der Waals surface area contributed by atoms with Crippen molar-refractivity contribution in [1.82, 2.24) is 9.55 Å². The van der Waals surface area contributed by atoms with Gasteiger partial charge in [0.1, 0.15) is 23.1 Å². The molecule has 0 amide bonds. The zero-order valence-corrected chi connectivity index (χ0v) is 19.0. The Kier molecular flexibility index (Phi) is 5.99. The van der Waals surface area contributed by atoms with E-state index in [-0.39, 0.29) is 17.2 Å². The second kappa shape index (κ2) is 8.61. The third-order valence-corrected chi connectivity index (χ3v) is 6.14. The fraction of sp³-hybridized carbons (Fsp3) is 0.160. The molecule has 1 unspecified atom stereocenters. The number of aromatic nitrogens is 2. The first-order chi connectivity index (χ1) is 15.6. The second-order valence-corrected chi connectivity index (χ2v) is 9.50. The van der Waals surface area contributed by atoms with E-state index in [1.54, 1.807) is 36.6 Å². The van der Waals surface area contributed by atoms with Crippen LogP contribution in [-0.2, 0) is 16.4 Å². The smallest absolute Gasteiger partial charge is 0.150 e. The maximum Gasteiger partial charge on any atom is 0.150 e. The van der Waals surface area contributed by atoms with E-state index in [4.69, 9.17) is 0 Å². The fourth-order valence-corrected chi connectivity index (χ4v) is 4.05. The lowest BCUT2D eigenvalue weighted by Crippen LogP contribution is -2.15. The predicted octanol–water partition coefficient (Wildman–Crippen LogP) is 5.59. The van der Waals surface area contributed by atoms with Crippen molar-refractivity contribution in [2.24, 2.45) is 0 Å². The van der Waals surface area contributed by atoms with Crippen LogP contribution < -0.4 is 0 Å². The summed E-state index contributed by atoms with van der Waals surface area (Å²) in [5, 5.41) is 10.4. The molecule has 4 rings (SSSR count). The minimum absolute atomic E-state index is 0.00891. The standard InChI is InChI=1S/C25H21F3N2O2S/c1-25(2,31)22-14-30(24(29-22)23-18(26)8-5-9-19(23)27)21-11-10-16(13-20(21)28)15-6-4-7-17(12-15)33(3)32/h4-14,31H,1-3H3. The van der Waals surface area contributed by atoms with Gasteiger partial charge in [-0.15, -0.1) is 0 Å². The monoisotopic (exact) mass is 470 g/mol. The molecule has 1 aromatic heterocycles. The van der Waals surface area contributed by atoms with Crippen LogP contribution in [0.3, 0.4) is 0 Å². The van der Waals surface area contributed by atoms with Crippen molar-refractivity contribution in [1.29, 1.82) is 0 Å². The number of hydrogen-bond donors (Lipinski definition) is 1. The van der Waals surface area contributed by atoms with Crippen molar-refractivity contribution in [3.63, 3.8) is 0 Å². The Hall–Kier alpha value is -3.23. The molecule has 170 valence electrons. The van der Waals surface area contributed by atoms with Crippen LogP contribution in [0.25, 0.3) is 28.2 Å². The molecular formula is C25H21F3N2O2S. The zero-order chi connectivity index (χ0) is 23.9. The first-order valence-electron chi connectivity index (χ1n) is 10.1. The Morgan fingerprint density at radius 2 is 1.55 bits per heavy atom.